The second kappa shape index (κ2) is 13.9. The van der Waals surface area contributed by atoms with Gasteiger partial charge in [-0.3, -0.25) is 0 Å². The van der Waals surface area contributed by atoms with Crippen LogP contribution in [0.5, 0.6) is 0 Å². The molecule has 0 aliphatic heterocycles. The number of benzene rings is 1. The van der Waals surface area contributed by atoms with Crippen molar-refractivity contribution < 1.29 is 4.55 Å². The van der Waals surface area contributed by atoms with E-state index in [2.05, 4.69) is 49.5 Å². The summed E-state index contributed by atoms with van der Waals surface area (Å²) in [5, 5.41) is 3.54. The Hall–Kier alpha value is -0.510. The third kappa shape index (κ3) is 12.6. The van der Waals surface area contributed by atoms with E-state index in [9.17, 15) is 4.55 Å². The van der Waals surface area contributed by atoms with Crippen molar-refractivity contribution in [2.24, 2.45) is 5.92 Å². The predicted molar refractivity (Wildman–Crippen MR) is 109 cm³/mol. The quantitative estimate of drug-likeness (QED) is 0.489. The third-order valence-electron chi connectivity index (χ3n) is 4.07. The Morgan fingerprint density at radius 1 is 1.09 bits per heavy atom. The van der Waals surface area contributed by atoms with Crippen molar-refractivity contribution in [2.45, 2.75) is 59.9 Å². The van der Waals surface area contributed by atoms with Crippen LogP contribution in [0.15, 0.2) is 30.3 Å². The number of rotatable bonds is 11. The van der Waals surface area contributed by atoms with Crippen molar-refractivity contribution in [1.29, 1.82) is 0 Å². The van der Waals surface area contributed by atoms with Gasteiger partial charge in [0, 0.05) is 6.54 Å². The smallest absolute Gasteiger partial charge is 0.0205 e. The lowest BCUT2D eigenvalue weighted by molar-refractivity contribution is 0.457. The van der Waals surface area contributed by atoms with E-state index >= 15 is 0 Å². The molecule has 3 heteroatoms. The average molecular weight is 342 g/mol. The molecule has 0 heterocycles. The summed E-state index contributed by atoms with van der Waals surface area (Å²) in [7, 11) is -1.28. The third-order valence-corrected chi connectivity index (χ3v) is 6.48. The Bertz CT molecular complexity index is 367. The van der Waals surface area contributed by atoms with Crippen molar-refractivity contribution in [3.05, 3.63) is 35.9 Å². The molecule has 0 aliphatic carbocycles. The zero-order valence-corrected chi connectivity index (χ0v) is 16.8. The van der Waals surface area contributed by atoms with Gasteiger partial charge in [-0.05, 0) is 48.6 Å². The molecule has 23 heavy (non-hydrogen) atoms. The lowest BCUT2D eigenvalue weighted by Crippen LogP contribution is -2.20. The lowest BCUT2D eigenvalue weighted by Gasteiger charge is -2.27. The van der Waals surface area contributed by atoms with Gasteiger partial charge >= 0.3 is 0 Å². The maximum Gasteiger partial charge on any atom is 0.0205 e. The SMILES string of the molecule is CC.CCS(C)(O)CCCCCC(C)CNCc1ccccc1. The Morgan fingerprint density at radius 2 is 1.74 bits per heavy atom. The predicted octanol–water partition coefficient (Wildman–Crippen LogP) is 5.93. The molecule has 0 aliphatic rings. The van der Waals surface area contributed by atoms with Crippen molar-refractivity contribution >= 4 is 10.3 Å². The first-order chi connectivity index (χ1) is 11.0. The van der Waals surface area contributed by atoms with E-state index in [1.165, 1.54) is 31.2 Å². The Balaban J connectivity index is 0.00000232. The van der Waals surface area contributed by atoms with Crippen LogP contribution in [0.25, 0.3) is 0 Å². The highest BCUT2D eigenvalue weighted by atomic mass is 32.3. The molecule has 0 fully saturated rings. The van der Waals surface area contributed by atoms with Gasteiger partial charge < -0.3 is 9.87 Å². The van der Waals surface area contributed by atoms with E-state index in [-0.39, 0.29) is 0 Å². The molecule has 0 bridgehead atoms. The highest BCUT2D eigenvalue weighted by molar-refractivity contribution is 8.28. The van der Waals surface area contributed by atoms with E-state index in [0.29, 0.717) is 0 Å². The number of nitrogens with one attached hydrogen (secondary N) is 1. The van der Waals surface area contributed by atoms with Crippen LogP contribution in [-0.2, 0) is 6.54 Å². The molecule has 1 aromatic carbocycles. The summed E-state index contributed by atoms with van der Waals surface area (Å²) >= 11 is 0. The molecule has 1 rings (SSSR count). The maximum absolute atomic E-state index is 10.0. The zero-order chi connectivity index (χ0) is 17.6. The molecule has 0 spiro atoms. The molecule has 136 valence electrons. The molecule has 0 aromatic heterocycles. The molecular formula is C20H39NOS. The van der Waals surface area contributed by atoms with Crippen molar-refractivity contribution in [3.8, 4) is 0 Å². The lowest BCUT2D eigenvalue weighted by atomic mass is 10.0. The molecule has 2 atom stereocenters. The Morgan fingerprint density at radius 3 is 2.35 bits per heavy atom. The maximum atomic E-state index is 10.0. The molecule has 0 saturated carbocycles. The van der Waals surface area contributed by atoms with Gasteiger partial charge in [-0.25, -0.2) is 0 Å². The van der Waals surface area contributed by atoms with Crippen LogP contribution in [0.1, 0.15) is 58.9 Å². The molecular weight excluding hydrogens is 302 g/mol. The van der Waals surface area contributed by atoms with E-state index in [1.54, 1.807) is 0 Å². The number of hydrogen-bond donors (Lipinski definition) is 2. The van der Waals surface area contributed by atoms with Crippen molar-refractivity contribution in [3.63, 3.8) is 0 Å². The van der Waals surface area contributed by atoms with Crippen LogP contribution in [0.3, 0.4) is 0 Å². The summed E-state index contributed by atoms with van der Waals surface area (Å²) in [4.78, 5) is 0. The first-order valence-corrected chi connectivity index (χ1v) is 11.6. The van der Waals surface area contributed by atoms with Crippen LogP contribution in [0.4, 0.5) is 0 Å². The van der Waals surface area contributed by atoms with Gasteiger partial charge in [-0.2, -0.15) is 0 Å². The fourth-order valence-corrected chi connectivity index (χ4v) is 3.50. The number of hydrogen-bond acceptors (Lipinski definition) is 2. The fraction of sp³-hybridized carbons (Fsp3) is 0.700. The van der Waals surface area contributed by atoms with Gasteiger partial charge in [0.15, 0.2) is 0 Å². The van der Waals surface area contributed by atoms with Gasteiger partial charge in [0.05, 0.1) is 0 Å². The first-order valence-electron chi connectivity index (χ1n) is 9.24. The minimum atomic E-state index is -1.28. The second-order valence-electron chi connectivity index (χ2n) is 6.29. The average Bonchev–Trinajstić information content (AvgIpc) is 2.57. The standard InChI is InChI=1S/C18H33NOS.C2H6/c1-4-21(3,20)14-10-6-7-11-17(2)15-19-16-18-12-8-5-9-13-18;1-2/h5,8-9,12-13,17,19-20H,4,6-7,10-11,14-16H2,1-3H3;1-2H3. The van der Waals surface area contributed by atoms with Gasteiger partial charge in [0.25, 0.3) is 0 Å². The van der Waals surface area contributed by atoms with Crippen LogP contribution in [0.2, 0.25) is 0 Å². The van der Waals surface area contributed by atoms with E-state index in [0.717, 1.165) is 30.5 Å². The largest absolute Gasteiger partial charge is 0.352 e. The monoisotopic (exact) mass is 341 g/mol. The second-order valence-corrected chi connectivity index (χ2v) is 9.72. The van der Waals surface area contributed by atoms with Gasteiger partial charge in [-0.1, -0.05) is 70.9 Å². The summed E-state index contributed by atoms with van der Waals surface area (Å²) in [6.07, 6.45) is 7.04. The highest BCUT2D eigenvalue weighted by Gasteiger charge is 2.10. The Kier molecular flexibility index (Phi) is 13.6. The molecule has 2 nitrogen and oxygen atoms in total. The van der Waals surface area contributed by atoms with E-state index < -0.39 is 10.3 Å². The molecule has 0 amide bonds. The molecule has 0 saturated heterocycles. The van der Waals surface area contributed by atoms with Crippen LogP contribution < -0.4 is 5.32 Å². The molecule has 1 aromatic rings. The van der Waals surface area contributed by atoms with Crippen LogP contribution in [0, 0.1) is 5.92 Å². The minimum Gasteiger partial charge on any atom is -0.352 e. The van der Waals surface area contributed by atoms with E-state index in [1.807, 2.05) is 20.1 Å². The normalized spacial score (nSPS) is 15.9. The molecule has 0 radical (unpaired) electrons. The Labute approximate surface area is 146 Å². The van der Waals surface area contributed by atoms with Crippen molar-refractivity contribution in [2.75, 3.05) is 24.3 Å². The number of unbranched alkanes of at least 4 members (excludes halogenated alkanes) is 2. The van der Waals surface area contributed by atoms with Gasteiger partial charge in [0.2, 0.25) is 0 Å². The van der Waals surface area contributed by atoms with Crippen LogP contribution in [-0.4, -0.2) is 28.9 Å². The van der Waals surface area contributed by atoms with Crippen LogP contribution >= 0.6 is 10.3 Å². The summed E-state index contributed by atoms with van der Waals surface area (Å²) in [6.45, 7) is 10.5. The summed E-state index contributed by atoms with van der Waals surface area (Å²) < 4.78 is 10.0. The van der Waals surface area contributed by atoms with Crippen molar-refractivity contribution in [1.82, 2.24) is 5.32 Å². The highest BCUT2D eigenvalue weighted by Crippen LogP contribution is 2.39. The summed E-state index contributed by atoms with van der Waals surface area (Å²) in [5.41, 5.74) is 1.36. The topological polar surface area (TPSA) is 32.3 Å². The summed E-state index contributed by atoms with van der Waals surface area (Å²) in [6, 6.07) is 10.6. The van der Waals surface area contributed by atoms with Gasteiger partial charge in [0.1, 0.15) is 0 Å². The molecule has 2 unspecified atom stereocenters. The minimum absolute atomic E-state index is 0.729. The van der Waals surface area contributed by atoms with E-state index in [4.69, 9.17) is 0 Å². The first kappa shape index (κ1) is 22.5. The molecule has 2 N–H and O–H groups in total. The summed E-state index contributed by atoms with van der Waals surface area (Å²) in [5.74, 6) is 2.68. The fourth-order valence-electron chi connectivity index (χ4n) is 2.39. The van der Waals surface area contributed by atoms with Gasteiger partial charge in [-0.15, -0.1) is 10.3 Å². The zero-order valence-electron chi connectivity index (χ0n) is 16.0.